The number of hydrogen-bond donors (Lipinski definition) is 2. The molecule has 0 radical (unpaired) electrons. The fraction of sp³-hybridized carbons (Fsp3) is 0.778. The van der Waals surface area contributed by atoms with Crippen molar-refractivity contribution in [2.75, 3.05) is 0 Å². The van der Waals surface area contributed by atoms with Crippen molar-refractivity contribution in [3.63, 3.8) is 0 Å². The van der Waals surface area contributed by atoms with Crippen LogP contribution in [0.2, 0.25) is 0 Å². The van der Waals surface area contributed by atoms with Crippen molar-refractivity contribution < 1.29 is 14.7 Å². The van der Waals surface area contributed by atoms with E-state index in [1.165, 1.54) is 0 Å². The average molecular weight is 185 g/mol. The zero-order chi connectivity index (χ0) is 10.0. The first kappa shape index (κ1) is 10.0. The Balaban J connectivity index is 2.38. The third kappa shape index (κ3) is 2.44. The Labute approximate surface area is 77.3 Å². The maximum Gasteiger partial charge on any atom is 0.326 e. The largest absolute Gasteiger partial charge is 0.480 e. The lowest BCUT2D eigenvalue weighted by Crippen LogP contribution is -2.41. The van der Waals surface area contributed by atoms with Crippen molar-refractivity contribution in [3.8, 4) is 0 Å². The van der Waals surface area contributed by atoms with Crippen LogP contribution in [0.1, 0.15) is 26.7 Å². The SMILES string of the molecule is CC[C@H](NC(=O)C1CC1C)C(=O)O. The van der Waals surface area contributed by atoms with Gasteiger partial charge in [0.15, 0.2) is 0 Å². The summed E-state index contributed by atoms with van der Waals surface area (Å²) in [6.45, 7) is 3.74. The number of aliphatic carboxylic acids is 1. The van der Waals surface area contributed by atoms with E-state index < -0.39 is 12.0 Å². The van der Waals surface area contributed by atoms with E-state index in [0.29, 0.717) is 12.3 Å². The van der Waals surface area contributed by atoms with Crippen LogP contribution in [0.4, 0.5) is 0 Å². The summed E-state index contributed by atoms with van der Waals surface area (Å²) < 4.78 is 0. The monoisotopic (exact) mass is 185 g/mol. The molecule has 0 aliphatic heterocycles. The molecule has 4 nitrogen and oxygen atoms in total. The summed E-state index contributed by atoms with van der Waals surface area (Å²) in [4.78, 5) is 21.9. The van der Waals surface area contributed by atoms with E-state index >= 15 is 0 Å². The molecule has 0 aromatic carbocycles. The second kappa shape index (κ2) is 3.77. The van der Waals surface area contributed by atoms with Crippen molar-refractivity contribution in [1.82, 2.24) is 5.32 Å². The summed E-state index contributed by atoms with van der Waals surface area (Å²) in [7, 11) is 0. The van der Waals surface area contributed by atoms with Crippen molar-refractivity contribution in [3.05, 3.63) is 0 Å². The van der Waals surface area contributed by atoms with Crippen molar-refractivity contribution >= 4 is 11.9 Å². The van der Waals surface area contributed by atoms with Gasteiger partial charge in [0, 0.05) is 5.92 Å². The molecule has 1 amide bonds. The van der Waals surface area contributed by atoms with Gasteiger partial charge >= 0.3 is 5.97 Å². The number of hydrogen-bond acceptors (Lipinski definition) is 2. The number of carboxylic acid groups (broad SMARTS) is 1. The quantitative estimate of drug-likeness (QED) is 0.674. The fourth-order valence-corrected chi connectivity index (χ4v) is 1.30. The molecule has 13 heavy (non-hydrogen) atoms. The standard InChI is InChI=1S/C9H15NO3/c1-3-7(9(12)13)10-8(11)6-4-5(6)2/h5-7H,3-4H2,1-2H3,(H,10,11)(H,12,13)/t5?,6?,7-/m0/s1. The van der Waals surface area contributed by atoms with Gasteiger partial charge in [0.1, 0.15) is 6.04 Å². The highest BCUT2D eigenvalue weighted by molar-refractivity contribution is 5.86. The van der Waals surface area contributed by atoms with Gasteiger partial charge in [0.2, 0.25) is 5.91 Å². The van der Waals surface area contributed by atoms with E-state index in [1.54, 1.807) is 6.92 Å². The Hall–Kier alpha value is -1.06. The highest BCUT2D eigenvalue weighted by Gasteiger charge is 2.40. The van der Waals surface area contributed by atoms with Crippen LogP contribution in [0.25, 0.3) is 0 Å². The molecular formula is C9H15NO3. The van der Waals surface area contributed by atoms with Gasteiger partial charge in [-0.1, -0.05) is 13.8 Å². The number of amides is 1. The number of rotatable bonds is 4. The lowest BCUT2D eigenvalue weighted by molar-refractivity contribution is -0.142. The van der Waals surface area contributed by atoms with Crippen LogP contribution in [0.3, 0.4) is 0 Å². The Morgan fingerprint density at radius 2 is 2.15 bits per heavy atom. The molecule has 1 aliphatic rings. The van der Waals surface area contributed by atoms with Gasteiger partial charge in [-0.2, -0.15) is 0 Å². The van der Waals surface area contributed by atoms with Gasteiger partial charge in [-0.25, -0.2) is 4.79 Å². The van der Waals surface area contributed by atoms with Gasteiger partial charge in [-0.05, 0) is 18.8 Å². The van der Waals surface area contributed by atoms with E-state index in [1.807, 2.05) is 6.92 Å². The van der Waals surface area contributed by atoms with Crippen molar-refractivity contribution in [2.45, 2.75) is 32.7 Å². The molecule has 1 aliphatic carbocycles. The molecule has 0 saturated heterocycles. The van der Waals surface area contributed by atoms with Crippen LogP contribution >= 0.6 is 0 Å². The van der Waals surface area contributed by atoms with Crippen LogP contribution < -0.4 is 5.32 Å². The van der Waals surface area contributed by atoms with E-state index in [0.717, 1.165) is 6.42 Å². The van der Waals surface area contributed by atoms with Gasteiger partial charge in [-0.15, -0.1) is 0 Å². The number of carbonyl (C=O) groups excluding carboxylic acids is 1. The fourth-order valence-electron chi connectivity index (χ4n) is 1.30. The lowest BCUT2D eigenvalue weighted by atomic mass is 10.2. The molecule has 2 N–H and O–H groups in total. The topological polar surface area (TPSA) is 66.4 Å². The number of nitrogens with one attached hydrogen (secondary N) is 1. The van der Waals surface area contributed by atoms with Crippen LogP contribution in [-0.2, 0) is 9.59 Å². The van der Waals surface area contributed by atoms with Gasteiger partial charge in [0.25, 0.3) is 0 Å². The van der Waals surface area contributed by atoms with Gasteiger partial charge < -0.3 is 10.4 Å². The summed E-state index contributed by atoms with van der Waals surface area (Å²) in [6, 6.07) is -0.722. The first-order chi connectivity index (χ1) is 6.06. The van der Waals surface area contributed by atoms with E-state index in [2.05, 4.69) is 5.32 Å². The Morgan fingerprint density at radius 3 is 2.46 bits per heavy atom. The van der Waals surface area contributed by atoms with E-state index in [9.17, 15) is 9.59 Å². The highest BCUT2D eigenvalue weighted by atomic mass is 16.4. The lowest BCUT2D eigenvalue weighted by Gasteiger charge is -2.11. The molecule has 74 valence electrons. The molecule has 0 spiro atoms. The summed E-state index contributed by atoms with van der Waals surface area (Å²) in [5.74, 6) is -0.592. The highest BCUT2D eigenvalue weighted by Crippen LogP contribution is 2.37. The molecule has 4 heteroatoms. The van der Waals surface area contributed by atoms with Crippen LogP contribution in [0, 0.1) is 11.8 Å². The first-order valence-corrected chi connectivity index (χ1v) is 4.59. The zero-order valence-corrected chi connectivity index (χ0v) is 7.91. The average Bonchev–Trinajstić information content (AvgIpc) is 2.77. The number of carboxylic acids is 1. The third-order valence-electron chi connectivity index (χ3n) is 2.47. The Morgan fingerprint density at radius 1 is 1.62 bits per heavy atom. The molecule has 0 heterocycles. The summed E-state index contributed by atoms with van der Waals surface area (Å²) in [5, 5.41) is 11.2. The Kier molecular flexibility index (Phi) is 2.90. The van der Waals surface area contributed by atoms with E-state index in [4.69, 9.17) is 5.11 Å². The summed E-state index contributed by atoms with van der Waals surface area (Å²) >= 11 is 0. The number of carbonyl (C=O) groups is 2. The van der Waals surface area contributed by atoms with Crippen LogP contribution in [-0.4, -0.2) is 23.0 Å². The maximum absolute atomic E-state index is 11.3. The molecule has 0 bridgehead atoms. The summed E-state index contributed by atoms with van der Waals surface area (Å²) in [6.07, 6.45) is 1.32. The minimum absolute atomic E-state index is 0.0494. The zero-order valence-electron chi connectivity index (χ0n) is 7.91. The second-order valence-electron chi connectivity index (χ2n) is 3.63. The van der Waals surface area contributed by atoms with Crippen molar-refractivity contribution in [1.29, 1.82) is 0 Å². The van der Waals surface area contributed by atoms with Crippen molar-refractivity contribution in [2.24, 2.45) is 11.8 Å². The van der Waals surface area contributed by atoms with Gasteiger partial charge in [-0.3, -0.25) is 4.79 Å². The predicted molar refractivity (Wildman–Crippen MR) is 47.1 cm³/mol. The molecule has 1 saturated carbocycles. The molecule has 0 aromatic rings. The molecule has 0 aromatic heterocycles. The first-order valence-electron chi connectivity index (χ1n) is 4.59. The third-order valence-corrected chi connectivity index (χ3v) is 2.47. The van der Waals surface area contributed by atoms with Crippen LogP contribution in [0.5, 0.6) is 0 Å². The minimum atomic E-state index is -0.954. The predicted octanol–water partition coefficient (Wildman–Crippen LogP) is 0.622. The van der Waals surface area contributed by atoms with Gasteiger partial charge in [0.05, 0.1) is 0 Å². The van der Waals surface area contributed by atoms with E-state index in [-0.39, 0.29) is 11.8 Å². The van der Waals surface area contributed by atoms with Crippen LogP contribution in [0.15, 0.2) is 0 Å². The molecule has 1 rings (SSSR count). The normalized spacial score (nSPS) is 27.8. The molecule has 1 fully saturated rings. The molecule has 2 unspecified atom stereocenters. The second-order valence-corrected chi connectivity index (χ2v) is 3.63. The Bertz CT molecular complexity index is 227. The molecular weight excluding hydrogens is 170 g/mol. The molecule has 3 atom stereocenters. The maximum atomic E-state index is 11.3. The summed E-state index contributed by atoms with van der Waals surface area (Å²) in [5.41, 5.74) is 0. The smallest absolute Gasteiger partial charge is 0.326 e. The minimum Gasteiger partial charge on any atom is -0.480 e.